The van der Waals surface area contributed by atoms with E-state index in [2.05, 4.69) is 146 Å². The molecule has 0 aromatic heterocycles. The maximum absolute atomic E-state index is 7.36. The number of ether oxygens (including phenoxy) is 1. The Hall–Kier alpha value is -7.69. The number of hydrogen-bond donors (Lipinski definition) is 2. The molecular formula is C54H37N3O. The summed E-state index contributed by atoms with van der Waals surface area (Å²) in [6.45, 7) is 0. The normalized spacial score (nSPS) is 14.0. The fourth-order valence-corrected chi connectivity index (χ4v) is 9.44. The van der Waals surface area contributed by atoms with Crippen molar-refractivity contribution in [1.82, 2.24) is 0 Å². The highest BCUT2D eigenvalue weighted by Crippen LogP contribution is 2.62. The molecule has 1 aliphatic carbocycles. The molecule has 11 rings (SSSR count). The third kappa shape index (κ3) is 4.98. The first-order valence-corrected chi connectivity index (χ1v) is 19.6. The van der Waals surface area contributed by atoms with Crippen molar-refractivity contribution in [3.63, 3.8) is 0 Å². The fraction of sp³-hybridized carbons (Fsp3) is 0.0185. The summed E-state index contributed by atoms with van der Waals surface area (Å²) in [6.07, 6.45) is 0. The number of amidine groups is 1. The van der Waals surface area contributed by atoms with E-state index in [1.165, 1.54) is 38.4 Å². The van der Waals surface area contributed by atoms with Crippen molar-refractivity contribution >= 4 is 38.8 Å². The summed E-state index contributed by atoms with van der Waals surface area (Å²) in [4.78, 5) is 5.25. The lowest BCUT2D eigenvalue weighted by Crippen LogP contribution is -2.32. The molecule has 274 valence electrons. The van der Waals surface area contributed by atoms with Gasteiger partial charge in [-0.2, -0.15) is 0 Å². The molecule has 2 aliphatic rings. The van der Waals surface area contributed by atoms with Crippen LogP contribution < -0.4 is 16.2 Å². The Bertz CT molecular complexity index is 3130. The van der Waals surface area contributed by atoms with Gasteiger partial charge in [-0.3, -0.25) is 0 Å². The Morgan fingerprint density at radius 3 is 1.74 bits per heavy atom. The van der Waals surface area contributed by atoms with E-state index in [4.69, 9.17) is 21.2 Å². The summed E-state index contributed by atoms with van der Waals surface area (Å²) in [5, 5.41) is 4.73. The van der Waals surface area contributed by atoms with Gasteiger partial charge in [-0.25, -0.2) is 4.99 Å². The van der Waals surface area contributed by atoms with E-state index in [0.29, 0.717) is 17.2 Å². The minimum absolute atomic E-state index is 0.375. The van der Waals surface area contributed by atoms with Crippen LogP contribution in [-0.4, -0.2) is 5.84 Å². The molecule has 0 radical (unpaired) electrons. The van der Waals surface area contributed by atoms with Crippen LogP contribution in [0.1, 0.15) is 38.9 Å². The van der Waals surface area contributed by atoms with E-state index in [1.54, 1.807) is 0 Å². The van der Waals surface area contributed by atoms with Gasteiger partial charge in [0.2, 0.25) is 0 Å². The van der Waals surface area contributed by atoms with Gasteiger partial charge in [0, 0.05) is 27.8 Å². The van der Waals surface area contributed by atoms with E-state index in [9.17, 15) is 0 Å². The van der Waals surface area contributed by atoms with Crippen molar-refractivity contribution in [2.45, 2.75) is 5.41 Å². The molecule has 1 aliphatic heterocycles. The first-order chi connectivity index (χ1) is 28.6. The van der Waals surface area contributed by atoms with Crippen molar-refractivity contribution in [2.75, 3.05) is 0 Å². The number of nitrogens with zero attached hydrogens (tertiary/aromatic N) is 1. The zero-order valence-corrected chi connectivity index (χ0v) is 31.6. The lowest BCUT2D eigenvalue weighted by molar-refractivity contribution is 0.436. The predicted octanol–water partition coefficient (Wildman–Crippen LogP) is 12.3. The number of fused-ring (bicyclic) bond motifs is 12. The number of nitrogens with two attached hydrogens (primary N) is 2. The van der Waals surface area contributed by atoms with E-state index < -0.39 is 5.41 Å². The highest BCUT2D eigenvalue weighted by atomic mass is 16.5. The van der Waals surface area contributed by atoms with Crippen LogP contribution in [0.2, 0.25) is 0 Å². The van der Waals surface area contributed by atoms with E-state index in [-0.39, 0.29) is 0 Å². The van der Waals surface area contributed by atoms with Crippen LogP contribution in [0.15, 0.2) is 205 Å². The zero-order chi connectivity index (χ0) is 38.8. The Morgan fingerprint density at radius 2 is 0.983 bits per heavy atom. The van der Waals surface area contributed by atoms with Crippen LogP contribution in [0.4, 0.5) is 0 Å². The lowest BCUT2D eigenvalue weighted by Gasteiger charge is -2.39. The summed E-state index contributed by atoms with van der Waals surface area (Å²) >= 11 is 0. The molecule has 0 amide bonds. The van der Waals surface area contributed by atoms with Crippen molar-refractivity contribution < 1.29 is 4.74 Å². The summed E-state index contributed by atoms with van der Waals surface area (Å²) in [7, 11) is 0. The van der Waals surface area contributed by atoms with Crippen molar-refractivity contribution in [2.24, 2.45) is 16.5 Å². The lowest BCUT2D eigenvalue weighted by atomic mass is 9.66. The molecule has 0 fully saturated rings. The molecule has 9 aromatic rings. The summed E-state index contributed by atoms with van der Waals surface area (Å²) in [5.74, 6) is 2.01. The van der Waals surface area contributed by atoms with Crippen LogP contribution in [0.3, 0.4) is 0 Å². The second kappa shape index (κ2) is 13.2. The first-order valence-electron chi connectivity index (χ1n) is 19.6. The molecule has 58 heavy (non-hydrogen) atoms. The van der Waals surface area contributed by atoms with E-state index in [1.807, 2.05) is 54.6 Å². The van der Waals surface area contributed by atoms with Gasteiger partial charge in [0.1, 0.15) is 17.3 Å². The molecule has 0 saturated heterocycles. The van der Waals surface area contributed by atoms with Gasteiger partial charge < -0.3 is 16.2 Å². The van der Waals surface area contributed by atoms with Gasteiger partial charge in [-0.1, -0.05) is 170 Å². The maximum Gasteiger partial charge on any atom is 0.132 e. The van der Waals surface area contributed by atoms with Crippen molar-refractivity contribution in [1.29, 1.82) is 0 Å². The Labute approximate surface area is 337 Å². The van der Waals surface area contributed by atoms with Gasteiger partial charge in [-0.05, 0) is 85.3 Å². The van der Waals surface area contributed by atoms with Crippen LogP contribution in [0.5, 0.6) is 11.5 Å². The predicted molar refractivity (Wildman–Crippen MR) is 239 cm³/mol. The molecular weight excluding hydrogens is 707 g/mol. The molecule has 0 saturated carbocycles. The van der Waals surface area contributed by atoms with Gasteiger partial charge in [-0.15, -0.1) is 0 Å². The Balaban J connectivity index is 1.12. The van der Waals surface area contributed by atoms with Crippen LogP contribution in [-0.2, 0) is 5.41 Å². The number of benzene rings is 9. The SMILES string of the molecule is N/C(=N\C(=C(/N)c1ccc2c(c1)C1(c3ccccc3O2)c2ccccc2-c2ccccc21)c1ccccc1)c1ccccc1-c1cc2ccccc2c2ccccc12. The van der Waals surface area contributed by atoms with Gasteiger partial charge in [0.15, 0.2) is 0 Å². The summed E-state index contributed by atoms with van der Waals surface area (Å²) in [6, 6.07) is 69.8. The number of para-hydroxylation sites is 1. The highest BCUT2D eigenvalue weighted by Gasteiger charge is 2.51. The maximum atomic E-state index is 7.36. The molecule has 1 spiro atoms. The monoisotopic (exact) mass is 743 g/mol. The minimum Gasteiger partial charge on any atom is -0.457 e. The summed E-state index contributed by atoms with van der Waals surface area (Å²) < 4.78 is 6.70. The third-order valence-electron chi connectivity index (χ3n) is 12.0. The Kier molecular flexibility index (Phi) is 7.66. The standard InChI is InChI=1S/C54H37N3O/c55-51(36-30-31-50-48(33-36)54(47-28-14-15-29-49(47)58-50)45-26-12-10-23-41(45)42-24-11-13-27-46(42)54)52(34-16-2-1-3-17-34)57-53(56)43-25-9-8-22-40(43)44-32-35-18-4-5-19-37(35)38-20-6-7-21-39(38)44/h1-33H,55H2,(H2,56,57)/b52-51-. The second-order valence-corrected chi connectivity index (χ2v) is 15.0. The average Bonchev–Trinajstić information content (AvgIpc) is 3.58. The Morgan fingerprint density at radius 1 is 0.414 bits per heavy atom. The molecule has 0 atom stereocenters. The molecule has 4 heteroatoms. The zero-order valence-electron chi connectivity index (χ0n) is 31.6. The van der Waals surface area contributed by atoms with Gasteiger partial charge in [0.25, 0.3) is 0 Å². The average molecular weight is 744 g/mol. The largest absolute Gasteiger partial charge is 0.457 e. The van der Waals surface area contributed by atoms with E-state index in [0.717, 1.165) is 55.8 Å². The first kappa shape index (κ1) is 33.6. The molecule has 0 unspecified atom stereocenters. The highest BCUT2D eigenvalue weighted by molar-refractivity contribution is 6.16. The fourth-order valence-electron chi connectivity index (χ4n) is 9.44. The number of rotatable bonds is 5. The molecule has 9 aromatic carbocycles. The topological polar surface area (TPSA) is 73.6 Å². The number of hydrogen-bond acceptors (Lipinski definition) is 3. The quantitative estimate of drug-likeness (QED) is 0.0798. The number of aliphatic imine (C=N–C) groups is 1. The van der Waals surface area contributed by atoms with Crippen LogP contribution in [0.25, 0.3) is 55.2 Å². The summed E-state index contributed by atoms with van der Waals surface area (Å²) in [5.41, 5.74) is 26.6. The smallest absolute Gasteiger partial charge is 0.132 e. The molecule has 1 heterocycles. The van der Waals surface area contributed by atoms with E-state index >= 15 is 0 Å². The van der Waals surface area contributed by atoms with Crippen molar-refractivity contribution in [3.05, 3.63) is 239 Å². The molecule has 4 nitrogen and oxygen atoms in total. The van der Waals surface area contributed by atoms with Crippen molar-refractivity contribution in [3.8, 4) is 33.8 Å². The van der Waals surface area contributed by atoms with Gasteiger partial charge >= 0.3 is 0 Å². The van der Waals surface area contributed by atoms with Crippen LogP contribution in [0, 0.1) is 0 Å². The third-order valence-corrected chi connectivity index (χ3v) is 12.0. The molecule has 0 bridgehead atoms. The van der Waals surface area contributed by atoms with Crippen LogP contribution >= 0.6 is 0 Å². The minimum atomic E-state index is -0.621. The second-order valence-electron chi connectivity index (χ2n) is 15.0. The molecule has 4 N–H and O–H groups in total. The van der Waals surface area contributed by atoms with Gasteiger partial charge in [0.05, 0.1) is 16.8 Å².